The van der Waals surface area contributed by atoms with Crippen molar-refractivity contribution in [3.63, 3.8) is 0 Å². The summed E-state index contributed by atoms with van der Waals surface area (Å²) in [5.41, 5.74) is 0. The molecule has 1 heterocycles. The van der Waals surface area contributed by atoms with E-state index in [-0.39, 0.29) is 5.91 Å². The van der Waals surface area contributed by atoms with Gasteiger partial charge in [-0.1, -0.05) is 25.2 Å². The molecule has 0 radical (unpaired) electrons. The Kier molecular flexibility index (Phi) is 5.69. The molecule has 0 aliphatic rings. The van der Waals surface area contributed by atoms with Gasteiger partial charge in [0, 0.05) is 18.7 Å². The van der Waals surface area contributed by atoms with Crippen molar-refractivity contribution in [2.24, 2.45) is 5.92 Å². The van der Waals surface area contributed by atoms with Crippen molar-refractivity contribution in [2.75, 3.05) is 11.2 Å². The number of rotatable bonds is 6. The topological polar surface area (TPSA) is 54.9 Å². The van der Waals surface area contributed by atoms with Gasteiger partial charge in [0.1, 0.15) is 5.01 Å². The minimum Gasteiger partial charge on any atom is -0.301 e. The van der Waals surface area contributed by atoms with E-state index in [2.05, 4.69) is 15.5 Å². The van der Waals surface area contributed by atoms with Gasteiger partial charge in [-0.15, -0.1) is 21.8 Å². The maximum absolute atomic E-state index is 11.5. The van der Waals surface area contributed by atoms with Crippen LogP contribution in [-0.4, -0.2) is 22.0 Å². The van der Waals surface area contributed by atoms with Crippen LogP contribution in [0.25, 0.3) is 0 Å². The smallest absolute Gasteiger partial charge is 0.226 e. The van der Waals surface area contributed by atoms with Crippen molar-refractivity contribution in [1.82, 2.24) is 10.2 Å². The number of hydrogen-bond acceptors (Lipinski definition) is 4. The molecule has 6 heteroatoms. The summed E-state index contributed by atoms with van der Waals surface area (Å²) >= 11 is 7.00. The molecule has 1 aromatic heterocycles. The van der Waals surface area contributed by atoms with E-state index < -0.39 is 0 Å². The molecule has 0 saturated heterocycles. The van der Waals surface area contributed by atoms with Gasteiger partial charge >= 0.3 is 0 Å². The average Bonchev–Trinajstić information content (AvgIpc) is 2.61. The third kappa shape index (κ3) is 4.90. The van der Waals surface area contributed by atoms with Crippen molar-refractivity contribution >= 4 is 34.0 Å². The lowest BCUT2D eigenvalue weighted by Gasteiger charge is -2.02. The SMILES string of the molecule is CC(C)CC(=O)Nc1nnc(CCCCl)s1. The lowest BCUT2D eigenvalue weighted by molar-refractivity contribution is -0.116. The van der Waals surface area contributed by atoms with E-state index in [4.69, 9.17) is 11.6 Å². The number of carbonyl (C=O) groups is 1. The standard InChI is InChI=1S/C10H16ClN3OS/c1-7(2)6-8(15)12-10-14-13-9(16-10)4-3-5-11/h7H,3-6H2,1-2H3,(H,12,14,15). The lowest BCUT2D eigenvalue weighted by atomic mass is 10.1. The molecule has 0 saturated carbocycles. The molecule has 4 nitrogen and oxygen atoms in total. The summed E-state index contributed by atoms with van der Waals surface area (Å²) in [5.74, 6) is 0.966. The maximum atomic E-state index is 11.5. The first-order chi connectivity index (χ1) is 7.61. The van der Waals surface area contributed by atoms with E-state index in [0.717, 1.165) is 17.8 Å². The van der Waals surface area contributed by atoms with Crippen molar-refractivity contribution in [1.29, 1.82) is 0 Å². The predicted molar refractivity (Wildman–Crippen MR) is 67.0 cm³/mol. The third-order valence-electron chi connectivity index (χ3n) is 1.83. The van der Waals surface area contributed by atoms with Gasteiger partial charge in [-0.05, 0) is 12.3 Å². The number of halogens is 1. The molecule has 16 heavy (non-hydrogen) atoms. The van der Waals surface area contributed by atoms with Crippen LogP contribution in [0.5, 0.6) is 0 Å². The highest BCUT2D eigenvalue weighted by Crippen LogP contribution is 2.17. The van der Waals surface area contributed by atoms with E-state index >= 15 is 0 Å². The molecule has 1 amide bonds. The molecule has 0 atom stereocenters. The van der Waals surface area contributed by atoms with E-state index in [1.165, 1.54) is 11.3 Å². The Balaban J connectivity index is 2.42. The van der Waals surface area contributed by atoms with E-state index in [1.54, 1.807) is 0 Å². The third-order valence-corrected chi connectivity index (χ3v) is 3.00. The molecule has 1 aromatic rings. The summed E-state index contributed by atoms with van der Waals surface area (Å²) in [6.45, 7) is 4.01. The monoisotopic (exact) mass is 261 g/mol. The van der Waals surface area contributed by atoms with E-state index in [9.17, 15) is 4.79 Å². The predicted octanol–water partition coefficient (Wildman–Crippen LogP) is 2.69. The van der Waals surface area contributed by atoms with Gasteiger partial charge in [-0.2, -0.15) is 0 Å². The summed E-state index contributed by atoms with van der Waals surface area (Å²) in [5, 5.41) is 12.1. The van der Waals surface area contributed by atoms with E-state index in [0.29, 0.717) is 23.4 Å². The van der Waals surface area contributed by atoms with Crippen molar-refractivity contribution in [3.8, 4) is 0 Å². The van der Waals surface area contributed by atoms with Crippen LogP contribution in [0.4, 0.5) is 5.13 Å². The fraction of sp³-hybridized carbons (Fsp3) is 0.700. The Labute approximate surface area is 104 Å². The highest BCUT2D eigenvalue weighted by atomic mass is 35.5. The molecular formula is C10H16ClN3OS. The number of hydrogen-bond donors (Lipinski definition) is 1. The molecule has 1 rings (SSSR count). The lowest BCUT2D eigenvalue weighted by Crippen LogP contribution is -2.13. The number of aryl methyl sites for hydroxylation is 1. The molecule has 0 aromatic carbocycles. The summed E-state index contributed by atoms with van der Waals surface area (Å²) in [4.78, 5) is 11.5. The molecule has 0 aliphatic carbocycles. The number of nitrogens with one attached hydrogen (secondary N) is 1. The zero-order chi connectivity index (χ0) is 12.0. The second-order valence-electron chi connectivity index (χ2n) is 3.94. The van der Waals surface area contributed by atoms with Crippen molar-refractivity contribution in [2.45, 2.75) is 33.1 Å². The van der Waals surface area contributed by atoms with Crippen molar-refractivity contribution < 1.29 is 4.79 Å². The molecule has 0 aliphatic heterocycles. The quantitative estimate of drug-likeness (QED) is 0.801. The van der Waals surface area contributed by atoms with Crippen LogP contribution in [0, 0.1) is 5.92 Å². The average molecular weight is 262 g/mol. The second kappa shape index (κ2) is 6.81. The Morgan fingerprint density at radius 3 is 2.88 bits per heavy atom. The van der Waals surface area contributed by atoms with Gasteiger partial charge in [0.05, 0.1) is 0 Å². The minimum atomic E-state index is -0.00459. The van der Waals surface area contributed by atoms with Crippen LogP contribution >= 0.6 is 22.9 Å². The zero-order valence-electron chi connectivity index (χ0n) is 9.49. The molecule has 90 valence electrons. The normalized spacial score (nSPS) is 10.8. The highest BCUT2D eigenvalue weighted by molar-refractivity contribution is 7.15. The van der Waals surface area contributed by atoms with Crippen LogP contribution in [0.2, 0.25) is 0 Å². The van der Waals surface area contributed by atoms with Gasteiger partial charge in [-0.25, -0.2) is 0 Å². The first-order valence-electron chi connectivity index (χ1n) is 5.30. The molecule has 1 N–H and O–H groups in total. The number of amides is 1. The number of anilines is 1. The number of nitrogens with zero attached hydrogens (tertiary/aromatic N) is 2. The Hall–Kier alpha value is -0.680. The summed E-state index contributed by atoms with van der Waals surface area (Å²) in [7, 11) is 0. The molecule has 0 fully saturated rings. The minimum absolute atomic E-state index is 0.00459. The Morgan fingerprint density at radius 2 is 2.25 bits per heavy atom. The zero-order valence-corrected chi connectivity index (χ0v) is 11.1. The second-order valence-corrected chi connectivity index (χ2v) is 5.38. The van der Waals surface area contributed by atoms with Gasteiger partial charge in [0.15, 0.2) is 0 Å². The molecule has 0 unspecified atom stereocenters. The largest absolute Gasteiger partial charge is 0.301 e. The number of carbonyl (C=O) groups excluding carboxylic acids is 1. The fourth-order valence-corrected chi connectivity index (χ4v) is 2.10. The van der Waals surface area contributed by atoms with Crippen molar-refractivity contribution in [3.05, 3.63) is 5.01 Å². The van der Waals surface area contributed by atoms with Crippen LogP contribution < -0.4 is 5.32 Å². The molecular weight excluding hydrogens is 246 g/mol. The van der Waals surface area contributed by atoms with Gasteiger partial charge < -0.3 is 5.32 Å². The summed E-state index contributed by atoms with van der Waals surface area (Å²) in [6.07, 6.45) is 2.22. The highest BCUT2D eigenvalue weighted by Gasteiger charge is 2.09. The van der Waals surface area contributed by atoms with Gasteiger partial charge in [-0.3, -0.25) is 4.79 Å². The fourth-order valence-electron chi connectivity index (χ4n) is 1.16. The number of alkyl halides is 1. The van der Waals surface area contributed by atoms with Crippen LogP contribution in [0.3, 0.4) is 0 Å². The summed E-state index contributed by atoms with van der Waals surface area (Å²) in [6, 6.07) is 0. The first-order valence-corrected chi connectivity index (χ1v) is 6.65. The van der Waals surface area contributed by atoms with Crippen LogP contribution in [0.1, 0.15) is 31.7 Å². The Bertz CT molecular complexity index is 341. The van der Waals surface area contributed by atoms with Gasteiger partial charge in [0.2, 0.25) is 11.0 Å². The maximum Gasteiger partial charge on any atom is 0.226 e. The van der Waals surface area contributed by atoms with Gasteiger partial charge in [0.25, 0.3) is 0 Å². The van der Waals surface area contributed by atoms with E-state index in [1.807, 2.05) is 13.8 Å². The van der Waals surface area contributed by atoms with Crippen LogP contribution in [-0.2, 0) is 11.2 Å². The number of aromatic nitrogens is 2. The molecule has 0 bridgehead atoms. The molecule has 0 spiro atoms. The first kappa shape index (κ1) is 13.4. The Morgan fingerprint density at radius 1 is 1.50 bits per heavy atom. The summed E-state index contributed by atoms with van der Waals surface area (Å²) < 4.78 is 0. The van der Waals surface area contributed by atoms with Crippen LogP contribution in [0.15, 0.2) is 0 Å².